The van der Waals surface area contributed by atoms with E-state index in [1.54, 1.807) is 0 Å². The van der Waals surface area contributed by atoms with Gasteiger partial charge in [-0.2, -0.15) is 0 Å². The summed E-state index contributed by atoms with van der Waals surface area (Å²) in [5.41, 5.74) is 3.50. The summed E-state index contributed by atoms with van der Waals surface area (Å²) in [7, 11) is 2.18. The molecule has 1 aliphatic heterocycles. The van der Waals surface area contributed by atoms with Gasteiger partial charge >= 0.3 is 0 Å². The van der Waals surface area contributed by atoms with Crippen LogP contribution in [-0.2, 0) is 0 Å². The van der Waals surface area contributed by atoms with Gasteiger partial charge in [-0.1, -0.05) is 6.92 Å². The summed E-state index contributed by atoms with van der Waals surface area (Å²) in [6.45, 7) is 9.13. The Morgan fingerprint density at radius 2 is 1.83 bits per heavy atom. The van der Waals surface area contributed by atoms with Gasteiger partial charge in [-0.3, -0.25) is 5.43 Å². The van der Waals surface area contributed by atoms with Crippen LogP contribution in [0.1, 0.15) is 20.3 Å². The summed E-state index contributed by atoms with van der Waals surface area (Å²) < 4.78 is 0. The number of hydrogen-bond acceptors (Lipinski definition) is 3. The highest BCUT2D eigenvalue weighted by Gasteiger charge is 2.14. The Morgan fingerprint density at radius 3 is 2.33 bits per heavy atom. The first-order valence-electron chi connectivity index (χ1n) is 4.92. The average molecular weight is 171 g/mol. The molecule has 0 radical (unpaired) electrons. The van der Waals surface area contributed by atoms with Crippen molar-refractivity contribution in [3.8, 4) is 0 Å². The lowest BCUT2D eigenvalue weighted by molar-refractivity contribution is 0.0892. The summed E-state index contributed by atoms with van der Waals surface area (Å²) in [6.07, 6.45) is 1.20. The first-order valence-corrected chi connectivity index (χ1v) is 4.92. The van der Waals surface area contributed by atoms with E-state index in [1.165, 1.54) is 19.5 Å². The minimum absolute atomic E-state index is 0.619. The normalized spacial score (nSPS) is 24.2. The molecule has 1 unspecified atom stereocenters. The topological polar surface area (TPSA) is 18.5 Å². The van der Waals surface area contributed by atoms with Gasteiger partial charge < -0.3 is 4.90 Å². The van der Waals surface area contributed by atoms with Gasteiger partial charge in [0.1, 0.15) is 0 Å². The zero-order valence-corrected chi connectivity index (χ0v) is 8.51. The van der Waals surface area contributed by atoms with Gasteiger partial charge in [0.15, 0.2) is 0 Å². The van der Waals surface area contributed by atoms with Crippen molar-refractivity contribution >= 4 is 0 Å². The second kappa shape index (κ2) is 4.80. The van der Waals surface area contributed by atoms with E-state index in [2.05, 4.69) is 36.2 Å². The van der Waals surface area contributed by atoms with Gasteiger partial charge in [-0.25, -0.2) is 5.01 Å². The molecule has 1 aliphatic rings. The molecule has 0 saturated carbocycles. The smallest absolute Gasteiger partial charge is 0.0259 e. The highest BCUT2D eigenvalue weighted by molar-refractivity contribution is 4.67. The molecule has 3 heteroatoms. The molecule has 12 heavy (non-hydrogen) atoms. The van der Waals surface area contributed by atoms with E-state index in [-0.39, 0.29) is 0 Å². The maximum atomic E-state index is 3.50. The molecule has 1 saturated heterocycles. The van der Waals surface area contributed by atoms with Crippen LogP contribution >= 0.6 is 0 Å². The maximum Gasteiger partial charge on any atom is 0.0259 e. The number of nitrogens with zero attached hydrogens (tertiary/aromatic N) is 2. The Labute approximate surface area is 75.7 Å². The van der Waals surface area contributed by atoms with Crippen LogP contribution in [0.3, 0.4) is 0 Å². The lowest BCUT2D eigenvalue weighted by Crippen LogP contribution is -2.53. The monoisotopic (exact) mass is 171 g/mol. The predicted molar refractivity (Wildman–Crippen MR) is 52.0 cm³/mol. The van der Waals surface area contributed by atoms with Crippen molar-refractivity contribution < 1.29 is 0 Å². The van der Waals surface area contributed by atoms with Gasteiger partial charge in [-0.05, 0) is 20.4 Å². The molecule has 1 heterocycles. The average Bonchev–Trinajstić information content (AvgIpc) is 2.09. The van der Waals surface area contributed by atoms with E-state index in [0.717, 1.165) is 13.1 Å². The zero-order chi connectivity index (χ0) is 8.97. The van der Waals surface area contributed by atoms with E-state index < -0.39 is 0 Å². The van der Waals surface area contributed by atoms with Gasteiger partial charge in [0.05, 0.1) is 0 Å². The molecule has 1 atom stereocenters. The van der Waals surface area contributed by atoms with Crippen LogP contribution in [0.15, 0.2) is 0 Å². The van der Waals surface area contributed by atoms with Crippen LogP contribution in [-0.4, -0.2) is 49.2 Å². The minimum Gasteiger partial charge on any atom is -0.304 e. The van der Waals surface area contributed by atoms with Crippen molar-refractivity contribution in [1.29, 1.82) is 0 Å². The van der Waals surface area contributed by atoms with E-state index in [0.29, 0.717) is 6.04 Å². The maximum absolute atomic E-state index is 3.50. The second-order valence-corrected chi connectivity index (χ2v) is 3.73. The van der Waals surface area contributed by atoms with Crippen LogP contribution in [0.2, 0.25) is 0 Å². The Balaban J connectivity index is 2.17. The number of hydrazine groups is 1. The SMILES string of the molecule is CCC(C)NN1CCN(C)CC1. The molecule has 1 N–H and O–H groups in total. The number of hydrogen-bond donors (Lipinski definition) is 1. The third-order valence-electron chi connectivity index (χ3n) is 2.52. The molecule has 0 aliphatic carbocycles. The summed E-state index contributed by atoms with van der Waals surface area (Å²) in [6, 6.07) is 0.619. The quantitative estimate of drug-likeness (QED) is 0.668. The summed E-state index contributed by atoms with van der Waals surface area (Å²) >= 11 is 0. The molecule has 0 spiro atoms. The summed E-state index contributed by atoms with van der Waals surface area (Å²) in [4.78, 5) is 2.37. The molecule has 72 valence electrons. The lowest BCUT2D eigenvalue weighted by atomic mass is 10.3. The molecule has 0 amide bonds. The minimum atomic E-state index is 0.619. The van der Waals surface area contributed by atoms with Gasteiger partial charge in [-0.15, -0.1) is 0 Å². The standard InChI is InChI=1S/C9H21N3/c1-4-9(2)10-12-7-5-11(3)6-8-12/h9-10H,4-8H2,1-3H3. The molecular weight excluding hydrogens is 150 g/mol. The van der Waals surface area contributed by atoms with Gasteiger partial charge in [0, 0.05) is 32.2 Å². The lowest BCUT2D eigenvalue weighted by Gasteiger charge is -2.34. The van der Waals surface area contributed by atoms with Gasteiger partial charge in [0.25, 0.3) is 0 Å². The molecule has 0 aromatic rings. The van der Waals surface area contributed by atoms with Crippen molar-refractivity contribution in [2.45, 2.75) is 26.3 Å². The summed E-state index contributed by atoms with van der Waals surface area (Å²) in [5.74, 6) is 0. The number of nitrogens with one attached hydrogen (secondary N) is 1. The molecule has 0 aromatic heterocycles. The number of rotatable bonds is 3. The van der Waals surface area contributed by atoms with Crippen LogP contribution in [0, 0.1) is 0 Å². The highest BCUT2D eigenvalue weighted by atomic mass is 15.5. The third-order valence-corrected chi connectivity index (χ3v) is 2.52. The van der Waals surface area contributed by atoms with Gasteiger partial charge in [0.2, 0.25) is 0 Å². The Hall–Kier alpha value is -0.120. The van der Waals surface area contributed by atoms with Crippen LogP contribution in [0.4, 0.5) is 0 Å². The van der Waals surface area contributed by atoms with Crippen molar-refractivity contribution in [3.05, 3.63) is 0 Å². The molecule has 0 bridgehead atoms. The largest absolute Gasteiger partial charge is 0.304 e. The zero-order valence-electron chi connectivity index (χ0n) is 8.51. The highest BCUT2D eigenvalue weighted by Crippen LogP contribution is 1.98. The van der Waals surface area contributed by atoms with Crippen LogP contribution in [0.25, 0.3) is 0 Å². The molecule has 0 aromatic carbocycles. The van der Waals surface area contributed by atoms with Crippen LogP contribution in [0.5, 0.6) is 0 Å². The fourth-order valence-electron chi connectivity index (χ4n) is 1.34. The first kappa shape index (κ1) is 9.96. The second-order valence-electron chi connectivity index (χ2n) is 3.73. The molecule has 1 rings (SSSR count). The van der Waals surface area contributed by atoms with Crippen molar-refractivity contribution in [1.82, 2.24) is 15.3 Å². The Morgan fingerprint density at radius 1 is 1.25 bits per heavy atom. The Kier molecular flexibility index (Phi) is 3.98. The van der Waals surface area contributed by atoms with E-state index in [1.807, 2.05) is 0 Å². The summed E-state index contributed by atoms with van der Waals surface area (Å²) in [5, 5.41) is 2.34. The molecule has 1 fully saturated rings. The third kappa shape index (κ3) is 3.09. The number of likely N-dealkylation sites (N-methyl/N-ethyl adjacent to an activating group) is 1. The fourth-order valence-corrected chi connectivity index (χ4v) is 1.34. The van der Waals surface area contributed by atoms with Crippen molar-refractivity contribution in [2.75, 3.05) is 33.2 Å². The van der Waals surface area contributed by atoms with Crippen LogP contribution < -0.4 is 5.43 Å². The van der Waals surface area contributed by atoms with E-state index in [9.17, 15) is 0 Å². The fraction of sp³-hybridized carbons (Fsp3) is 1.00. The molecule has 3 nitrogen and oxygen atoms in total. The first-order chi connectivity index (χ1) is 5.72. The van der Waals surface area contributed by atoms with E-state index in [4.69, 9.17) is 0 Å². The predicted octanol–water partition coefficient (Wildman–Crippen LogP) is 0.537. The van der Waals surface area contributed by atoms with Crippen molar-refractivity contribution in [3.63, 3.8) is 0 Å². The molecular formula is C9H21N3. The van der Waals surface area contributed by atoms with Crippen molar-refractivity contribution in [2.24, 2.45) is 0 Å². The Bertz CT molecular complexity index is 119. The van der Waals surface area contributed by atoms with E-state index >= 15 is 0 Å². The number of piperazine rings is 1.